The van der Waals surface area contributed by atoms with Gasteiger partial charge >= 0.3 is 11.9 Å². The maximum absolute atomic E-state index is 11.6. The number of carbonyl (C=O) groups is 2. The molecule has 0 aliphatic heterocycles. The molecule has 0 spiro atoms. The van der Waals surface area contributed by atoms with E-state index in [9.17, 15) is 9.59 Å². The highest BCUT2D eigenvalue weighted by Gasteiger charge is 2.29. The van der Waals surface area contributed by atoms with E-state index >= 15 is 0 Å². The molecule has 0 aliphatic rings. The van der Waals surface area contributed by atoms with Crippen LogP contribution in [0.25, 0.3) is 0 Å². The van der Waals surface area contributed by atoms with E-state index in [0.29, 0.717) is 43.6 Å². The zero-order valence-electron chi connectivity index (χ0n) is 23.1. The summed E-state index contributed by atoms with van der Waals surface area (Å²) in [4.78, 5) is 23.2. The second kappa shape index (κ2) is 17.1. The Bertz CT molecular complexity index is 853. The van der Waals surface area contributed by atoms with Crippen LogP contribution in [-0.4, -0.2) is 63.2 Å². The number of hydrogen-bond donors (Lipinski definition) is 0. The average molecular weight is 521 g/mol. The highest BCUT2D eigenvalue weighted by molar-refractivity contribution is 5.87. The number of esters is 2. The molecule has 0 fully saturated rings. The summed E-state index contributed by atoms with van der Waals surface area (Å²) in [7, 11) is 0. The Morgan fingerprint density at radius 3 is 1.73 bits per heavy atom. The van der Waals surface area contributed by atoms with Gasteiger partial charge in [0.25, 0.3) is 0 Å². The molecular weight excluding hydrogens is 476 g/mol. The lowest BCUT2D eigenvalue weighted by Crippen LogP contribution is -2.38. The van der Waals surface area contributed by atoms with Gasteiger partial charge in [-0.2, -0.15) is 0 Å². The summed E-state index contributed by atoms with van der Waals surface area (Å²) < 4.78 is 34.4. The van der Waals surface area contributed by atoms with Crippen LogP contribution in [0.1, 0.15) is 59.4 Å². The summed E-state index contributed by atoms with van der Waals surface area (Å²) >= 11 is 0. The molecule has 1 aromatic rings. The molecule has 0 aromatic heterocycles. The first-order valence-corrected chi connectivity index (χ1v) is 12.8. The van der Waals surface area contributed by atoms with Gasteiger partial charge in [0, 0.05) is 30.6 Å². The predicted molar refractivity (Wildman–Crippen MR) is 142 cm³/mol. The van der Waals surface area contributed by atoms with E-state index in [1.165, 1.54) is 0 Å². The molecule has 1 rings (SSSR count). The highest BCUT2D eigenvalue weighted by Crippen LogP contribution is 2.23. The van der Waals surface area contributed by atoms with Gasteiger partial charge in [-0.15, -0.1) is 0 Å². The van der Waals surface area contributed by atoms with Crippen molar-refractivity contribution in [2.24, 2.45) is 0 Å². The van der Waals surface area contributed by atoms with Crippen molar-refractivity contribution in [1.29, 1.82) is 0 Å². The van der Waals surface area contributed by atoms with Crippen molar-refractivity contribution in [3.63, 3.8) is 0 Å². The zero-order chi connectivity index (χ0) is 27.7. The first-order chi connectivity index (χ1) is 17.5. The summed E-state index contributed by atoms with van der Waals surface area (Å²) in [5, 5.41) is 0. The topological polar surface area (TPSA) is 89.5 Å². The van der Waals surface area contributed by atoms with Gasteiger partial charge in [0.15, 0.2) is 11.6 Å². The summed E-state index contributed by atoms with van der Waals surface area (Å²) in [5.74, 6) is -2.66. The fourth-order valence-corrected chi connectivity index (χ4v) is 3.33. The first kappa shape index (κ1) is 32.5. The molecule has 0 radical (unpaired) electrons. The van der Waals surface area contributed by atoms with E-state index in [1.807, 2.05) is 51.1 Å². The molecule has 8 heteroatoms. The van der Waals surface area contributed by atoms with Crippen molar-refractivity contribution in [2.45, 2.75) is 71.9 Å². The molecule has 0 bridgehead atoms. The normalized spacial score (nSPS) is 14.3. The quantitative estimate of drug-likeness (QED) is 0.101. The molecule has 0 N–H and O–H groups in total. The minimum Gasteiger partial charge on any atom is -0.460 e. The Morgan fingerprint density at radius 1 is 0.730 bits per heavy atom. The van der Waals surface area contributed by atoms with Crippen LogP contribution < -0.4 is 0 Å². The van der Waals surface area contributed by atoms with Gasteiger partial charge in [0.05, 0.1) is 19.8 Å². The molecule has 1 aromatic carbocycles. The van der Waals surface area contributed by atoms with Crippen LogP contribution in [0, 0.1) is 0 Å². The fraction of sp³-hybridized carbons (Fsp3) is 0.586. The fourth-order valence-electron chi connectivity index (χ4n) is 3.33. The van der Waals surface area contributed by atoms with E-state index in [-0.39, 0.29) is 26.4 Å². The van der Waals surface area contributed by atoms with Crippen LogP contribution in [-0.2, 0) is 44.4 Å². The van der Waals surface area contributed by atoms with Gasteiger partial charge < -0.3 is 28.4 Å². The molecular formula is C29H44O8. The van der Waals surface area contributed by atoms with Gasteiger partial charge in [-0.1, -0.05) is 50.4 Å². The van der Waals surface area contributed by atoms with Gasteiger partial charge in [-0.25, -0.2) is 9.59 Å². The minimum atomic E-state index is -0.921. The van der Waals surface area contributed by atoms with Gasteiger partial charge in [-0.05, 0) is 46.1 Å². The van der Waals surface area contributed by atoms with Gasteiger partial charge in [-0.3, -0.25) is 0 Å². The summed E-state index contributed by atoms with van der Waals surface area (Å²) in [5.41, 5.74) is 1.75. The molecule has 208 valence electrons. The van der Waals surface area contributed by atoms with E-state index in [0.717, 1.165) is 12.0 Å². The van der Waals surface area contributed by atoms with Crippen LogP contribution in [0.2, 0.25) is 0 Å². The molecule has 8 nitrogen and oxygen atoms in total. The summed E-state index contributed by atoms with van der Waals surface area (Å²) in [6, 6.07) is 9.90. The zero-order valence-corrected chi connectivity index (χ0v) is 23.1. The number of hydrogen-bond acceptors (Lipinski definition) is 8. The van der Waals surface area contributed by atoms with Crippen LogP contribution in [0.5, 0.6) is 0 Å². The Hall–Kier alpha value is -2.52. The molecule has 37 heavy (non-hydrogen) atoms. The third-order valence-corrected chi connectivity index (χ3v) is 5.31. The lowest BCUT2D eigenvalue weighted by atomic mass is 10.1. The Balaban J connectivity index is 2.65. The molecule has 0 heterocycles. The molecule has 0 saturated heterocycles. The smallest absolute Gasteiger partial charge is 0.333 e. The molecule has 2 atom stereocenters. The third kappa shape index (κ3) is 14.1. The van der Waals surface area contributed by atoms with Crippen molar-refractivity contribution < 1.29 is 38.0 Å². The first-order valence-electron chi connectivity index (χ1n) is 12.8. The Kier molecular flexibility index (Phi) is 15.0. The maximum atomic E-state index is 11.6. The molecule has 0 aliphatic carbocycles. The average Bonchev–Trinajstić information content (AvgIpc) is 2.86. The maximum Gasteiger partial charge on any atom is 0.333 e. The lowest BCUT2D eigenvalue weighted by molar-refractivity contribution is -0.246. The van der Waals surface area contributed by atoms with Crippen molar-refractivity contribution in [3.8, 4) is 0 Å². The van der Waals surface area contributed by atoms with Gasteiger partial charge in [0.2, 0.25) is 0 Å². The van der Waals surface area contributed by atoms with E-state index < -0.39 is 23.5 Å². The summed E-state index contributed by atoms with van der Waals surface area (Å²) in [6.45, 7) is 17.7. The van der Waals surface area contributed by atoms with E-state index in [4.69, 9.17) is 28.4 Å². The monoisotopic (exact) mass is 520 g/mol. The van der Waals surface area contributed by atoms with Gasteiger partial charge in [0.1, 0.15) is 13.2 Å². The molecule has 0 amide bonds. The largest absolute Gasteiger partial charge is 0.460 e. The second-order valence-electron chi connectivity index (χ2n) is 9.26. The van der Waals surface area contributed by atoms with Crippen LogP contribution in [0.4, 0.5) is 0 Å². The SMILES string of the molecule is C=C(C)C(=O)OCCOC(C)(CCCOC(C)(Cc1ccccc1)OCCOC(=O)C(=C)C)OCCC. The van der Waals surface area contributed by atoms with Crippen molar-refractivity contribution in [3.05, 3.63) is 60.2 Å². The number of carbonyl (C=O) groups excluding carboxylic acids is 2. The summed E-state index contributed by atoms with van der Waals surface area (Å²) in [6.07, 6.45) is 2.58. The number of ether oxygens (including phenoxy) is 6. The van der Waals surface area contributed by atoms with Crippen molar-refractivity contribution in [2.75, 3.05) is 39.6 Å². The predicted octanol–water partition coefficient (Wildman–Crippen LogP) is 5.16. The van der Waals surface area contributed by atoms with Crippen molar-refractivity contribution in [1.82, 2.24) is 0 Å². The standard InChI is InChI=1S/C29H44O8/c1-8-16-34-28(6,36-20-18-32-26(30)23(2)3)15-12-17-35-29(7,22-25-13-10-9-11-14-25)37-21-19-33-27(31)24(4)5/h9-11,13-14H,2,4,8,12,15-22H2,1,3,5-7H3. The third-order valence-electron chi connectivity index (χ3n) is 5.31. The number of benzene rings is 1. The van der Waals surface area contributed by atoms with Crippen LogP contribution in [0.3, 0.4) is 0 Å². The second-order valence-corrected chi connectivity index (χ2v) is 9.26. The van der Waals surface area contributed by atoms with Crippen LogP contribution >= 0.6 is 0 Å². The highest BCUT2D eigenvalue weighted by atomic mass is 16.7. The Labute approximate surface area is 221 Å². The van der Waals surface area contributed by atoms with E-state index in [2.05, 4.69) is 13.2 Å². The molecule has 2 unspecified atom stereocenters. The van der Waals surface area contributed by atoms with Crippen LogP contribution in [0.15, 0.2) is 54.6 Å². The van der Waals surface area contributed by atoms with Crippen molar-refractivity contribution >= 4 is 11.9 Å². The Morgan fingerprint density at radius 2 is 1.22 bits per heavy atom. The number of rotatable bonds is 20. The lowest BCUT2D eigenvalue weighted by Gasteiger charge is -2.32. The molecule has 0 saturated carbocycles. The van der Waals surface area contributed by atoms with E-state index in [1.54, 1.807) is 13.8 Å². The minimum absolute atomic E-state index is 0.103.